The molecule has 0 aromatic heterocycles. The van der Waals surface area contributed by atoms with Crippen LogP contribution in [-0.2, 0) is 28.6 Å². The summed E-state index contributed by atoms with van der Waals surface area (Å²) in [6.07, 6.45) is 82.5. The second-order valence-corrected chi connectivity index (χ2v) is 19.9. The Kier molecular flexibility index (Phi) is 57.4. The second-order valence-electron chi connectivity index (χ2n) is 19.9. The lowest BCUT2D eigenvalue weighted by molar-refractivity contribution is -0.167. The number of ether oxygens (including phenoxy) is 3. The predicted octanol–water partition coefficient (Wildman–Crippen LogP) is 20.7. The zero-order valence-electron chi connectivity index (χ0n) is 47.6. The van der Waals surface area contributed by atoms with Crippen LogP contribution in [0.25, 0.3) is 0 Å². The van der Waals surface area contributed by atoms with E-state index in [1.165, 1.54) is 103 Å². The van der Waals surface area contributed by atoms with Crippen molar-refractivity contribution < 1.29 is 28.6 Å². The summed E-state index contributed by atoms with van der Waals surface area (Å²) in [4.78, 5) is 38.0. The van der Waals surface area contributed by atoms with Crippen LogP contribution in [0.5, 0.6) is 0 Å². The molecule has 0 aromatic carbocycles. The van der Waals surface area contributed by atoms with E-state index in [9.17, 15) is 14.4 Å². The summed E-state index contributed by atoms with van der Waals surface area (Å²) in [6, 6.07) is 0. The van der Waals surface area contributed by atoms with E-state index in [0.29, 0.717) is 19.3 Å². The molecule has 6 heteroatoms. The van der Waals surface area contributed by atoms with E-state index in [2.05, 4.69) is 130 Å². The molecule has 0 radical (unpaired) electrons. The van der Waals surface area contributed by atoms with Crippen LogP contribution in [0.2, 0.25) is 0 Å². The lowest BCUT2D eigenvalue weighted by Crippen LogP contribution is -2.30. The van der Waals surface area contributed by atoms with Crippen LogP contribution in [0, 0.1) is 0 Å². The highest BCUT2D eigenvalue weighted by molar-refractivity contribution is 5.71. The number of hydrogen-bond acceptors (Lipinski definition) is 6. The van der Waals surface area contributed by atoms with Crippen LogP contribution in [0.3, 0.4) is 0 Å². The number of hydrogen-bond donors (Lipinski definition) is 0. The number of carbonyl (C=O) groups is 3. The molecule has 0 aliphatic rings. The van der Waals surface area contributed by atoms with E-state index >= 15 is 0 Å². The van der Waals surface area contributed by atoms with E-state index in [1.54, 1.807) is 0 Å². The van der Waals surface area contributed by atoms with Crippen molar-refractivity contribution in [1.82, 2.24) is 0 Å². The molecule has 0 N–H and O–H groups in total. The van der Waals surface area contributed by atoms with Gasteiger partial charge < -0.3 is 14.2 Å². The molecule has 0 aromatic rings. The van der Waals surface area contributed by atoms with Gasteiger partial charge in [0.25, 0.3) is 0 Å². The molecule has 1 unspecified atom stereocenters. The summed E-state index contributed by atoms with van der Waals surface area (Å²) < 4.78 is 16.8. The van der Waals surface area contributed by atoms with Crippen molar-refractivity contribution in [3.8, 4) is 0 Å². The fourth-order valence-electron chi connectivity index (χ4n) is 8.26. The average molecular weight is 1010 g/mol. The molecule has 0 rings (SSSR count). The molecular weight excluding hydrogens is 901 g/mol. The van der Waals surface area contributed by atoms with Crippen LogP contribution in [0.15, 0.2) is 109 Å². The standard InChI is InChI=1S/C67H112O6/c1-4-7-10-13-16-18-20-22-24-25-26-27-28-29-30-31-32-33-34-35-36-37-38-39-40-41-43-44-46-48-51-54-57-60-66(69)72-63-64(62-71-65(68)59-56-53-50-15-12-9-6-3)73-67(70)61-58-55-52-49-47-45-42-23-21-19-17-14-11-8-5-2/h7,10,16,18,22,24,26-27,29-30,32-33,35-36,38-39,41,43,64H,4-6,8-9,11-15,17,19-21,23,25,28,31,34,37,40,42,44-63H2,1-3H3/b10-7-,18-16-,24-22-,27-26-,30-29-,33-32-,36-35-,39-38-,43-41-. The number of allylic oxidation sites excluding steroid dienone is 18. The van der Waals surface area contributed by atoms with Gasteiger partial charge in [-0.3, -0.25) is 14.4 Å². The molecule has 6 nitrogen and oxygen atoms in total. The quantitative estimate of drug-likeness (QED) is 0.0261. The molecule has 0 bridgehead atoms. The van der Waals surface area contributed by atoms with Gasteiger partial charge in [0.05, 0.1) is 0 Å². The molecule has 73 heavy (non-hydrogen) atoms. The second kappa shape index (κ2) is 60.6. The summed E-state index contributed by atoms with van der Waals surface area (Å²) >= 11 is 0. The Morgan fingerprint density at radius 1 is 0.288 bits per heavy atom. The Morgan fingerprint density at radius 2 is 0.534 bits per heavy atom. The molecule has 0 fully saturated rings. The zero-order chi connectivity index (χ0) is 52.9. The summed E-state index contributed by atoms with van der Waals surface area (Å²) in [5, 5.41) is 0. The van der Waals surface area contributed by atoms with Gasteiger partial charge >= 0.3 is 17.9 Å². The van der Waals surface area contributed by atoms with Crippen molar-refractivity contribution in [2.24, 2.45) is 0 Å². The van der Waals surface area contributed by atoms with Gasteiger partial charge in [0.1, 0.15) is 13.2 Å². The highest BCUT2D eigenvalue weighted by atomic mass is 16.6. The molecule has 0 aliphatic heterocycles. The van der Waals surface area contributed by atoms with Crippen molar-refractivity contribution in [3.63, 3.8) is 0 Å². The molecule has 416 valence electrons. The first-order valence-electron chi connectivity index (χ1n) is 30.4. The Labute approximate surface area is 450 Å². The van der Waals surface area contributed by atoms with Crippen LogP contribution in [0.1, 0.15) is 278 Å². The minimum atomic E-state index is -0.782. The minimum Gasteiger partial charge on any atom is -0.462 e. The molecule has 1 atom stereocenters. The number of esters is 3. The fourth-order valence-corrected chi connectivity index (χ4v) is 8.26. The monoisotopic (exact) mass is 1010 g/mol. The fraction of sp³-hybridized carbons (Fsp3) is 0.687. The molecule has 0 amide bonds. The number of rotatable bonds is 54. The molecule has 0 spiro atoms. The highest BCUT2D eigenvalue weighted by Crippen LogP contribution is 2.16. The van der Waals surface area contributed by atoms with E-state index in [1.807, 2.05) is 0 Å². The molecule has 0 saturated heterocycles. The third-order valence-corrected chi connectivity index (χ3v) is 12.8. The van der Waals surface area contributed by atoms with Crippen LogP contribution >= 0.6 is 0 Å². The molecule has 0 saturated carbocycles. The Balaban J connectivity index is 4.17. The number of unbranched alkanes of at least 4 members (excludes halogenated alkanes) is 25. The summed E-state index contributed by atoms with van der Waals surface area (Å²) in [5.41, 5.74) is 0. The largest absolute Gasteiger partial charge is 0.462 e. The van der Waals surface area contributed by atoms with Gasteiger partial charge in [0.2, 0.25) is 0 Å². The van der Waals surface area contributed by atoms with Gasteiger partial charge in [-0.1, -0.05) is 278 Å². The van der Waals surface area contributed by atoms with Gasteiger partial charge in [0, 0.05) is 19.3 Å². The lowest BCUT2D eigenvalue weighted by Gasteiger charge is -2.18. The third kappa shape index (κ3) is 58.8. The van der Waals surface area contributed by atoms with Crippen LogP contribution in [0.4, 0.5) is 0 Å². The van der Waals surface area contributed by atoms with Crippen molar-refractivity contribution in [1.29, 1.82) is 0 Å². The molecular formula is C67H112O6. The normalized spacial score (nSPS) is 12.9. The first-order valence-corrected chi connectivity index (χ1v) is 30.4. The van der Waals surface area contributed by atoms with E-state index in [0.717, 1.165) is 135 Å². The van der Waals surface area contributed by atoms with E-state index in [4.69, 9.17) is 14.2 Å². The van der Waals surface area contributed by atoms with Gasteiger partial charge in [-0.25, -0.2) is 0 Å². The third-order valence-electron chi connectivity index (χ3n) is 12.8. The van der Waals surface area contributed by atoms with Crippen molar-refractivity contribution in [2.75, 3.05) is 13.2 Å². The minimum absolute atomic E-state index is 0.0817. The first-order chi connectivity index (χ1) is 36.0. The number of carbonyl (C=O) groups excluding carboxylic acids is 3. The summed E-state index contributed by atoms with van der Waals surface area (Å²) in [7, 11) is 0. The van der Waals surface area contributed by atoms with Crippen LogP contribution < -0.4 is 0 Å². The first kappa shape index (κ1) is 69.1. The maximum Gasteiger partial charge on any atom is 0.306 e. The van der Waals surface area contributed by atoms with Gasteiger partial charge in [-0.05, 0) is 89.9 Å². The van der Waals surface area contributed by atoms with Crippen molar-refractivity contribution in [3.05, 3.63) is 109 Å². The van der Waals surface area contributed by atoms with Crippen molar-refractivity contribution >= 4 is 17.9 Å². The van der Waals surface area contributed by atoms with Gasteiger partial charge in [-0.2, -0.15) is 0 Å². The zero-order valence-corrected chi connectivity index (χ0v) is 47.6. The van der Waals surface area contributed by atoms with E-state index in [-0.39, 0.29) is 31.1 Å². The Hall–Kier alpha value is -3.93. The summed E-state index contributed by atoms with van der Waals surface area (Å²) in [5.74, 6) is -0.904. The van der Waals surface area contributed by atoms with Gasteiger partial charge in [0.15, 0.2) is 6.10 Å². The Bertz CT molecular complexity index is 1490. The SMILES string of the molecule is CC/C=C\C/C=C\C/C=C\C/C=C\C/C=C\C/C=C\C/C=C\C/C=C\C/C=C\CCCCCCCC(=O)OCC(COC(=O)CCCCCCCCC)OC(=O)CCCCCCCCCCCCCCCCC. The van der Waals surface area contributed by atoms with Crippen LogP contribution in [-0.4, -0.2) is 37.2 Å². The maximum absolute atomic E-state index is 12.8. The molecule has 0 aliphatic carbocycles. The topological polar surface area (TPSA) is 78.9 Å². The van der Waals surface area contributed by atoms with Crippen molar-refractivity contribution in [2.45, 2.75) is 284 Å². The maximum atomic E-state index is 12.8. The Morgan fingerprint density at radius 3 is 0.836 bits per heavy atom. The van der Waals surface area contributed by atoms with Gasteiger partial charge in [-0.15, -0.1) is 0 Å². The molecule has 0 heterocycles. The average Bonchev–Trinajstić information content (AvgIpc) is 3.39. The summed E-state index contributed by atoms with van der Waals surface area (Å²) in [6.45, 7) is 6.48. The smallest absolute Gasteiger partial charge is 0.306 e. The highest BCUT2D eigenvalue weighted by Gasteiger charge is 2.19. The lowest BCUT2D eigenvalue weighted by atomic mass is 10.0. The van der Waals surface area contributed by atoms with E-state index < -0.39 is 6.10 Å². The predicted molar refractivity (Wildman–Crippen MR) is 316 cm³/mol.